The van der Waals surface area contributed by atoms with Crippen molar-refractivity contribution in [2.75, 3.05) is 21.3 Å². The third kappa shape index (κ3) is 4.03. The van der Waals surface area contributed by atoms with Crippen LogP contribution in [0.1, 0.15) is 5.76 Å². The van der Waals surface area contributed by atoms with Crippen molar-refractivity contribution in [3.8, 4) is 40.0 Å². The number of aromatic nitrogens is 3. The Kier molecular flexibility index (Phi) is 5.86. The molecule has 0 spiro atoms. The second-order valence-corrected chi connectivity index (χ2v) is 8.48. The fourth-order valence-corrected chi connectivity index (χ4v) is 4.54. The normalized spacial score (nSPS) is 11.7. The van der Waals surface area contributed by atoms with E-state index in [0.29, 0.717) is 55.2 Å². The van der Waals surface area contributed by atoms with Gasteiger partial charge in [0.1, 0.15) is 16.1 Å². The van der Waals surface area contributed by atoms with Crippen LogP contribution in [0.25, 0.3) is 33.7 Å². The molecule has 0 amide bonds. The molecule has 0 unspecified atom stereocenters. The molecule has 0 radical (unpaired) electrons. The fraction of sp³-hybridized carbons (Fsp3) is 0.125. The molecule has 5 rings (SSSR count). The third-order valence-corrected chi connectivity index (χ3v) is 6.31. The van der Waals surface area contributed by atoms with Crippen LogP contribution in [-0.2, 0) is 0 Å². The summed E-state index contributed by atoms with van der Waals surface area (Å²) in [5.41, 5.74) is 0.765. The summed E-state index contributed by atoms with van der Waals surface area (Å²) in [5, 5.41) is 15.4. The van der Waals surface area contributed by atoms with Crippen molar-refractivity contribution in [3.63, 3.8) is 0 Å². The minimum atomic E-state index is -0.468. The lowest BCUT2D eigenvalue weighted by Gasteiger charge is -2.12. The number of fused-ring (bicyclic) bond motifs is 1. The van der Waals surface area contributed by atoms with E-state index in [9.17, 15) is 14.9 Å². The lowest BCUT2D eigenvalue weighted by Crippen LogP contribution is -2.23. The number of rotatable bonds is 7. The van der Waals surface area contributed by atoms with Gasteiger partial charge in [-0.3, -0.25) is 14.9 Å². The van der Waals surface area contributed by atoms with E-state index in [1.165, 1.54) is 38.0 Å². The first kappa shape index (κ1) is 23.1. The Labute approximate surface area is 206 Å². The summed E-state index contributed by atoms with van der Waals surface area (Å²) in [6, 6.07) is 12.9. The first-order valence-corrected chi connectivity index (χ1v) is 11.3. The highest BCUT2D eigenvalue weighted by Crippen LogP contribution is 2.40. The number of nitro groups is 1. The highest BCUT2D eigenvalue weighted by molar-refractivity contribution is 7.15. The van der Waals surface area contributed by atoms with E-state index < -0.39 is 4.92 Å². The number of nitro benzene ring substituents is 1. The highest BCUT2D eigenvalue weighted by Gasteiger charge is 2.18. The smallest absolute Gasteiger partial charge is 0.291 e. The SMILES string of the molecule is COc1cc(-c2nc3s/c(=C\c4ccc(-c5cccc([N+](=O)[O-])c5)o4)c(=O)n3n2)cc(OC)c1OC. The monoisotopic (exact) mass is 506 g/mol. The van der Waals surface area contributed by atoms with Crippen LogP contribution in [0.2, 0.25) is 0 Å². The zero-order chi connectivity index (χ0) is 25.4. The molecule has 0 saturated carbocycles. The number of non-ortho nitro benzene ring substituents is 1. The quantitative estimate of drug-likeness (QED) is 0.240. The van der Waals surface area contributed by atoms with Gasteiger partial charge < -0.3 is 18.6 Å². The van der Waals surface area contributed by atoms with E-state index >= 15 is 0 Å². The molecular weight excluding hydrogens is 488 g/mol. The molecule has 0 aliphatic heterocycles. The summed E-state index contributed by atoms with van der Waals surface area (Å²) in [6.45, 7) is 0. The Balaban J connectivity index is 1.50. The summed E-state index contributed by atoms with van der Waals surface area (Å²) in [4.78, 5) is 28.4. The second-order valence-electron chi connectivity index (χ2n) is 7.47. The Hall–Kier alpha value is -4.71. The van der Waals surface area contributed by atoms with Crippen molar-refractivity contribution >= 4 is 28.1 Å². The largest absolute Gasteiger partial charge is 0.493 e. The highest BCUT2D eigenvalue weighted by atomic mass is 32.1. The predicted octanol–water partition coefficient (Wildman–Crippen LogP) is 3.56. The molecular formula is C24H18N4O7S. The van der Waals surface area contributed by atoms with Crippen molar-refractivity contribution in [2.24, 2.45) is 0 Å². The maximum Gasteiger partial charge on any atom is 0.291 e. The molecule has 2 aromatic carbocycles. The Morgan fingerprint density at radius 2 is 1.78 bits per heavy atom. The topological polar surface area (TPSA) is 131 Å². The van der Waals surface area contributed by atoms with Gasteiger partial charge in [0.25, 0.3) is 11.2 Å². The molecule has 0 N–H and O–H groups in total. The molecule has 0 fully saturated rings. The maximum atomic E-state index is 13.0. The number of hydrogen-bond donors (Lipinski definition) is 0. The van der Waals surface area contributed by atoms with Crippen molar-refractivity contribution < 1.29 is 23.6 Å². The zero-order valence-electron chi connectivity index (χ0n) is 19.3. The Morgan fingerprint density at radius 3 is 2.42 bits per heavy atom. The maximum absolute atomic E-state index is 13.0. The van der Waals surface area contributed by atoms with Gasteiger partial charge in [0, 0.05) is 29.3 Å². The number of nitrogens with zero attached hydrogens (tertiary/aromatic N) is 4. The number of benzene rings is 2. The van der Waals surface area contributed by atoms with E-state index in [-0.39, 0.29) is 11.2 Å². The summed E-state index contributed by atoms with van der Waals surface area (Å²) in [6.07, 6.45) is 1.59. The predicted molar refractivity (Wildman–Crippen MR) is 132 cm³/mol. The molecule has 5 aromatic rings. The van der Waals surface area contributed by atoms with Gasteiger partial charge >= 0.3 is 0 Å². The molecule has 11 nitrogen and oxygen atoms in total. The van der Waals surface area contributed by atoms with Crippen LogP contribution in [0, 0.1) is 10.1 Å². The van der Waals surface area contributed by atoms with Gasteiger partial charge in [-0.15, -0.1) is 5.10 Å². The van der Waals surface area contributed by atoms with Crippen LogP contribution in [0.4, 0.5) is 5.69 Å². The molecule has 0 saturated heterocycles. The van der Waals surface area contributed by atoms with Gasteiger partial charge in [0.05, 0.1) is 26.3 Å². The van der Waals surface area contributed by atoms with E-state index in [2.05, 4.69) is 10.1 Å². The van der Waals surface area contributed by atoms with Gasteiger partial charge in [-0.05, 0) is 24.3 Å². The number of ether oxygens (including phenoxy) is 3. The Bertz CT molecular complexity index is 1690. The van der Waals surface area contributed by atoms with Gasteiger partial charge in [0.15, 0.2) is 17.3 Å². The Morgan fingerprint density at radius 1 is 1.03 bits per heavy atom. The fourth-order valence-electron chi connectivity index (χ4n) is 3.65. The standard InChI is InChI=1S/C24H18N4O7S/c1-32-18-10-14(11-19(33-2)21(18)34-3)22-25-24-27(26-22)23(29)20(36-24)12-16-7-8-17(35-16)13-5-4-6-15(9-13)28(30)31/h4-12H,1-3H3/b20-12-. The van der Waals surface area contributed by atoms with Crippen molar-refractivity contribution in [1.82, 2.24) is 14.6 Å². The average molecular weight is 506 g/mol. The van der Waals surface area contributed by atoms with Crippen molar-refractivity contribution in [2.45, 2.75) is 0 Å². The van der Waals surface area contributed by atoms with Crippen LogP contribution in [0.3, 0.4) is 0 Å². The number of thiazole rings is 1. The third-order valence-electron chi connectivity index (χ3n) is 5.35. The molecule has 0 atom stereocenters. The minimum Gasteiger partial charge on any atom is -0.493 e. The average Bonchev–Trinajstić information content (AvgIpc) is 3.60. The molecule has 0 bridgehead atoms. The lowest BCUT2D eigenvalue weighted by molar-refractivity contribution is -0.384. The van der Waals surface area contributed by atoms with Crippen LogP contribution in [0.5, 0.6) is 17.2 Å². The number of hydrogen-bond acceptors (Lipinski definition) is 10. The van der Waals surface area contributed by atoms with E-state index in [0.717, 1.165) is 11.3 Å². The van der Waals surface area contributed by atoms with E-state index in [1.54, 1.807) is 42.5 Å². The number of methoxy groups -OCH3 is 3. The van der Waals surface area contributed by atoms with Crippen molar-refractivity contribution in [3.05, 3.63) is 79.3 Å². The number of furan rings is 1. The van der Waals surface area contributed by atoms with E-state index in [4.69, 9.17) is 18.6 Å². The van der Waals surface area contributed by atoms with Crippen molar-refractivity contribution in [1.29, 1.82) is 0 Å². The van der Waals surface area contributed by atoms with Gasteiger partial charge in [-0.2, -0.15) is 9.50 Å². The molecule has 12 heteroatoms. The van der Waals surface area contributed by atoms with E-state index in [1.807, 2.05) is 0 Å². The molecule has 0 aliphatic rings. The van der Waals surface area contributed by atoms with Crippen LogP contribution < -0.4 is 24.3 Å². The summed E-state index contributed by atoms with van der Waals surface area (Å²) in [5.74, 6) is 2.52. The van der Waals surface area contributed by atoms with Crippen LogP contribution in [-0.4, -0.2) is 40.9 Å². The molecule has 3 aromatic heterocycles. The summed E-state index contributed by atoms with van der Waals surface area (Å²) < 4.78 is 23.5. The zero-order valence-corrected chi connectivity index (χ0v) is 20.1. The second kappa shape index (κ2) is 9.15. The summed E-state index contributed by atoms with van der Waals surface area (Å²) >= 11 is 1.16. The van der Waals surface area contributed by atoms with Gasteiger partial charge in [-0.25, -0.2) is 0 Å². The van der Waals surface area contributed by atoms with Gasteiger partial charge in [-0.1, -0.05) is 23.5 Å². The first-order valence-electron chi connectivity index (χ1n) is 10.5. The molecule has 3 heterocycles. The summed E-state index contributed by atoms with van der Waals surface area (Å²) in [7, 11) is 4.53. The molecule has 0 aliphatic carbocycles. The minimum absolute atomic E-state index is 0.0373. The van der Waals surface area contributed by atoms with Crippen LogP contribution in [0.15, 0.2) is 57.7 Å². The first-order chi connectivity index (χ1) is 17.4. The van der Waals surface area contributed by atoms with Crippen LogP contribution >= 0.6 is 11.3 Å². The molecule has 182 valence electrons. The molecule has 36 heavy (non-hydrogen) atoms. The van der Waals surface area contributed by atoms with Gasteiger partial charge in [0.2, 0.25) is 10.7 Å². The lowest BCUT2D eigenvalue weighted by atomic mass is 10.1.